The van der Waals surface area contributed by atoms with Gasteiger partial charge in [-0.1, -0.05) is 90.2 Å². The molecule has 0 aliphatic carbocycles. The third-order valence-corrected chi connectivity index (χ3v) is 8.34. The van der Waals surface area contributed by atoms with Crippen LogP contribution in [-0.2, 0) is 16.1 Å². The molecule has 7 nitrogen and oxygen atoms in total. The van der Waals surface area contributed by atoms with Crippen LogP contribution in [0.15, 0.2) is 118 Å². The van der Waals surface area contributed by atoms with E-state index in [1.165, 1.54) is 28.0 Å². The number of thiazole rings is 1. The van der Waals surface area contributed by atoms with E-state index in [9.17, 15) is 14.0 Å². The van der Waals surface area contributed by atoms with Crippen molar-refractivity contribution >= 4 is 29.1 Å². The number of hydrogen-bond donors (Lipinski definition) is 0. The number of carbonyl (C=O) groups is 1. The maximum Gasteiger partial charge on any atom is 0.338 e. The van der Waals surface area contributed by atoms with E-state index in [4.69, 9.17) is 19.2 Å². The van der Waals surface area contributed by atoms with Crippen LogP contribution >= 0.6 is 11.3 Å². The molecule has 6 rings (SSSR count). The van der Waals surface area contributed by atoms with Crippen LogP contribution in [-0.4, -0.2) is 23.8 Å². The van der Waals surface area contributed by atoms with Gasteiger partial charge in [-0.2, -0.15) is 0 Å². The number of hydrogen-bond acceptors (Lipinski definition) is 7. The van der Waals surface area contributed by atoms with E-state index < -0.39 is 17.8 Å². The van der Waals surface area contributed by atoms with Crippen LogP contribution < -0.4 is 24.4 Å². The topological polar surface area (TPSA) is 79.1 Å². The predicted octanol–water partition coefficient (Wildman–Crippen LogP) is 6.05. The fraction of sp³-hybridized carbons (Fsp3) is 0.162. The summed E-state index contributed by atoms with van der Waals surface area (Å²) in [5, 5.41) is 0. The smallest absolute Gasteiger partial charge is 0.338 e. The highest BCUT2D eigenvalue weighted by Crippen LogP contribution is 2.35. The fourth-order valence-electron chi connectivity index (χ4n) is 5.29. The van der Waals surface area contributed by atoms with Crippen LogP contribution in [0.2, 0.25) is 0 Å². The number of esters is 1. The zero-order valence-electron chi connectivity index (χ0n) is 25.3. The highest BCUT2D eigenvalue weighted by Gasteiger charge is 2.35. The molecular formula is C37H31FN2O5S. The van der Waals surface area contributed by atoms with Crippen LogP contribution in [0.1, 0.15) is 42.1 Å². The summed E-state index contributed by atoms with van der Waals surface area (Å²) in [5.41, 5.74) is 3.28. The van der Waals surface area contributed by atoms with Crippen molar-refractivity contribution in [3.05, 3.63) is 156 Å². The summed E-state index contributed by atoms with van der Waals surface area (Å²) in [6.07, 6.45) is 1.77. The predicted molar refractivity (Wildman–Crippen MR) is 176 cm³/mol. The zero-order valence-corrected chi connectivity index (χ0v) is 26.1. The number of carbonyl (C=O) groups excluding carboxylic acids is 1. The van der Waals surface area contributed by atoms with Gasteiger partial charge in [-0.25, -0.2) is 14.2 Å². The highest BCUT2D eigenvalue weighted by molar-refractivity contribution is 7.07. The Morgan fingerprint density at radius 3 is 2.30 bits per heavy atom. The van der Waals surface area contributed by atoms with E-state index >= 15 is 0 Å². The number of ether oxygens (including phenoxy) is 3. The first-order chi connectivity index (χ1) is 22.5. The molecule has 0 bridgehead atoms. The van der Waals surface area contributed by atoms with Crippen molar-refractivity contribution in [3.8, 4) is 11.5 Å². The molecule has 1 aliphatic rings. The molecule has 0 spiro atoms. The lowest BCUT2D eigenvalue weighted by atomic mass is 9.93. The fourth-order valence-corrected chi connectivity index (χ4v) is 6.29. The molecule has 9 heteroatoms. The van der Waals surface area contributed by atoms with Gasteiger partial charge in [0.25, 0.3) is 5.56 Å². The molecule has 0 amide bonds. The first-order valence-corrected chi connectivity index (χ1v) is 15.8. The summed E-state index contributed by atoms with van der Waals surface area (Å²) in [5.74, 6) is 0.121. The average Bonchev–Trinajstić information content (AvgIpc) is 3.39. The lowest BCUT2D eigenvalue weighted by molar-refractivity contribution is -0.138. The number of rotatable bonds is 10. The Morgan fingerprint density at radius 2 is 1.61 bits per heavy atom. The summed E-state index contributed by atoms with van der Waals surface area (Å²) in [6, 6.07) is 29.5. The van der Waals surface area contributed by atoms with Crippen LogP contribution in [0.4, 0.5) is 4.39 Å². The van der Waals surface area contributed by atoms with E-state index in [2.05, 4.69) is 0 Å². The molecule has 0 N–H and O–H groups in total. The number of halogens is 1. The second-order valence-electron chi connectivity index (χ2n) is 10.4. The van der Waals surface area contributed by atoms with E-state index in [0.717, 1.165) is 11.1 Å². The summed E-state index contributed by atoms with van der Waals surface area (Å²) in [4.78, 5) is 33.0. The molecule has 46 heavy (non-hydrogen) atoms. The maximum absolute atomic E-state index is 14.2. The minimum Gasteiger partial charge on any atom is -0.490 e. The molecular weight excluding hydrogens is 603 g/mol. The van der Waals surface area contributed by atoms with Gasteiger partial charge in [0, 0.05) is 5.56 Å². The van der Waals surface area contributed by atoms with Crippen molar-refractivity contribution in [1.29, 1.82) is 0 Å². The van der Waals surface area contributed by atoms with Crippen molar-refractivity contribution in [2.24, 2.45) is 4.99 Å². The van der Waals surface area contributed by atoms with Crippen molar-refractivity contribution in [1.82, 2.24) is 4.57 Å². The number of nitrogens with zero attached hydrogens (tertiary/aromatic N) is 2. The Morgan fingerprint density at radius 1 is 0.891 bits per heavy atom. The molecule has 232 valence electrons. The summed E-state index contributed by atoms with van der Waals surface area (Å²) >= 11 is 1.21. The molecule has 2 heterocycles. The van der Waals surface area contributed by atoms with Gasteiger partial charge in [0.15, 0.2) is 16.3 Å². The van der Waals surface area contributed by atoms with Crippen molar-refractivity contribution in [2.75, 3.05) is 13.2 Å². The Balaban J connectivity index is 1.48. The molecule has 1 aliphatic heterocycles. The van der Waals surface area contributed by atoms with E-state index in [0.29, 0.717) is 50.9 Å². The molecule has 0 unspecified atom stereocenters. The summed E-state index contributed by atoms with van der Waals surface area (Å²) in [6.45, 7) is 4.57. The number of aromatic nitrogens is 1. The van der Waals surface area contributed by atoms with Crippen molar-refractivity contribution < 1.29 is 23.4 Å². The van der Waals surface area contributed by atoms with E-state index in [1.807, 2.05) is 85.8 Å². The Hall–Kier alpha value is -5.28. The van der Waals surface area contributed by atoms with Crippen LogP contribution in [0, 0.1) is 5.82 Å². The van der Waals surface area contributed by atoms with Gasteiger partial charge in [0.05, 0.1) is 35.1 Å². The lowest BCUT2D eigenvalue weighted by Gasteiger charge is -2.25. The van der Waals surface area contributed by atoms with Gasteiger partial charge in [-0.15, -0.1) is 0 Å². The number of benzene rings is 4. The first kappa shape index (κ1) is 30.7. The Labute approximate surface area is 269 Å². The van der Waals surface area contributed by atoms with Gasteiger partial charge < -0.3 is 14.2 Å². The van der Waals surface area contributed by atoms with Gasteiger partial charge >= 0.3 is 5.97 Å². The maximum atomic E-state index is 14.2. The number of fused-ring (bicyclic) bond motifs is 1. The standard InChI is InChI=1S/C37H31FN2O5S/c1-3-43-30-21-25(15-20-29(30)45-23-24-11-7-5-8-12-24)22-31-35(41)40-34(27-16-18-28(38)19-17-27)32(36(42)44-4-2)33(39-37(40)46-31)26-13-9-6-10-14-26/h5-22,34H,3-4,23H2,1-2H3/b31-22-/t34-/m0/s1. The van der Waals surface area contributed by atoms with Crippen LogP contribution in [0.3, 0.4) is 0 Å². The summed E-state index contributed by atoms with van der Waals surface area (Å²) < 4.78 is 33.4. The van der Waals surface area contributed by atoms with E-state index in [-0.39, 0.29) is 17.7 Å². The van der Waals surface area contributed by atoms with Crippen LogP contribution in [0.5, 0.6) is 11.5 Å². The second kappa shape index (κ2) is 13.8. The second-order valence-corrected chi connectivity index (χ2v) is 11.4. The monoisotopic (exact) mass is 634 g/mol. The highest BCUT2D eigenvalue weighted by atomic mass is 32.1. The normalized spacial score (nSPS) is 14.4. The van der Waals surface area contributed by atoms with Gasteiger partial charge in [-0.05, 0) is 60.9 Å². The van der Waals surface area contributed by atoms with Crippen molar-refractivity contribution in [2.45, 2.75) is 26.5 Å². The minimum absolute atomic E-state index is 0.137. The summed E-state index contributed by atoms with van der Waals surface area (Å²) in [7, 11) is 0. The minimum atomic E-state index is -0.888. The van der Waals surface area contributed by atoms with E-state index in [1.54, 1.807) is 25.1 Å². The largest absolute Gasteiger partial charge is 0.490 e. The molecule has 1 aromatic heterocycles. The lowest BCUT2D eigenvalue weighted by Crippen LogP contribution is -2.40. The molecule has 5 aromatic rings. The molecule has 0 saturated carbocycles. The third-order valence-electron chi connectivity index (χ3n) is 7.36. The quantitative estimate of drug-likeness (QED) is 0.175. The molecule has 4 aromatic carbocycles. The molecule has 1 atom stereocenters. The Bertz CT molecular complexity index is 2070. The zero-order chi connectivity index (χ0) is 32.0. The average molecular weight is 635 g/mol. The molecule has 0 radical (unpaired) electrons. The molecule has 0 saturated heterocycles. The first-order valence-electron chi connectivity index (χ1n) is 14.9. The van der Waals surface area contributed by atoms with Gasteiger partial charge in [0.2, 0.25) is 0 Å². The van der Waals surface area contributed by atoms with Crippen LogP contribution in [0.25, 0.3) is 11.8 Å². The van der Waals surface area contributed by atoms with Gasteiger partial charge in [-0.3, -0.25) is 9.36 Å². The molecule has 0 fully saturated rings. The SMILES string of the molecule is CCOC(=O)C1=C(c2ccccc2)N=c2s/c(=C\c3ccc(OCc4ccccc4)c(OCC)c3)c(=O)n2[C@H]1c1ccc(F)cc1. The van der Waals surface area contributed by atoms with Crippen molar-refractivity contribution in [3.63, 3.8) is 0 Å². The van der Waals surface area contributed by atoms with Gasteiger partial charge in [0.1, 0.15) is 12.4 Å². The third kappa shape index (κ3) is 6.41. The Kier molecular flexibility index (Phi) is 9.21.